The molecule has 0 saturated heterocycles. The van der Waals surface area contributed by atoms with E-state index in [4.69, 9.17) is 0 Å². The number of nitrogens with zero attached hydrogens (tertiary/aromatic N) is 1. The molecule has 1 amide bonds. The Bertz CT molecular complexity index is 883. The molecule has 2 aromatic carbocycles. The first-order chi connectivity index (χ1) is 11.6. The van der Waals surface area contributed by atoms with Crippen molar-refractivity contribution >= 4 is 27.3 Å². The second-order valence-electron chi connectivity index (χ2n) is 5.68. The number of anilines is 2. The first-order valence-electron chi connectivity index (χ1n) is 7.41. The lowest BCUT2D eigenvalue weighted by atomic mass is 10.2. The van der Waals surface area contributed by atoms with Crippen LogP contribution in [0.3, 0.4) is 0 Å². The molecule has 5 nitrogen and oxygen atoms in total. The molecule has 134 valence electrons. The van der Waals surface area contributed by atoms with Crippen LogP contribution in [0.1, 0.15) is 12.5 Å². The highest BCUT2D eigenvalue weighted by molar-refractivity contribution is 7.92. The number of nitrogens with one attached hydrogen (secondary N) is 1. The van der Waals surface area contributed by atoms with Gasteiger partial charge in [-0.05, 0) is 38.1 Å². The third-order valence-corrected chi connectivity index (χ3v) is 4.81. The lowest BCUT2D eigenvalue weighted by molar-refractivity contribution is -0.116. The monoisotopic (exact) mass is 368 g/mol. The molecule has 8 heteroatoms. The van der Waals surface area contributed by atoms with Gasteiger partial charge in [0.15, 0.2) is 0 Å². The van der Waals surface area contributed by atoms with Gasteiger partial charge < -0.3 is 5.32 Å². The fraction of sp³-hybridized carbons (Fsp3) is 0.235. The fourth-order valence-electron chi connectivity index (χ4n) is 2.33. The van der Waals surface area contributed by atoms with Crippen molar-refractivity contribution in [2.75, 3.05) is 15.9 Å². The summed E-state index contributed by atoms with van der Waals surface area (Å²) in [4.78, 5) is 12.4. The average Bonchev–Trinajstić information content (AvgIpc) is 2.50. The predicted octanol–water partition coefficient (Wildman–Crippen LogP) is 3.07. The standard InChI is InChI=1S/C17H18F2N2O3S/c1-11-4-7-14(8-5-11)21(25(3,23)24)12(2)17(22)20-16-9-6-13(18)10-15(16)19/h4-10,12H,1-3H3,(H,20,22)/t12-/m1/s1. The average molecular weight is 368 g/mol. The molecule has 2 rings (SSSR count). The number of hydrogen-bond donors (Lipinski definition) is 1. The maximum absolute atomic E-state index is 13.7. The Hall–Kier alpha value is -2.48. The molecule has 0 aliphatic heterocycles. The van der Waals surface area contributed by atoms with E-state index in [9.17, 15) is 22.0 Å². The molecule has 0 heterocycles. The Morgan fingerprint density at radius 2 is 1.72 bits per heavy atom. The third kappa shape index (κ3) is 4.54. The smallest absolute Gasteiger partial charge is 0.248 e. The summed E-state index contributed by atoms with van der Waals surface area (Å²) >= 11 is 0. The molecular weight excluding hydrogens is 350 g/mol. The van der Waals surface area contributed by atoms with Gasteiger partial charge in [-0.2, -0.15) is 0 Å². The number of hydrogen-bond acceptors (Lipinski definition) is 3. The maximum atomic E-state index is 13.7. The highest BCUT2D eigenvalue weighted by atomic mass is 32.2. The van der Waals surface area contributed by atoms with Crippen molar-refractivity contribution in [2.45, 2.75) is 19.9 Å². The van der Waals surface area contributed by atoms with E-state index >= 15 is 0 Å². The van der Waals surface area contributed by atoms with Crippen LogP contribution >= 0.6 is 0 Å². The first-order valence-corrected chi connectivity index (χ1v) is 9.26. The quantitative estimate of drug-likeness (QED) is 0.882. The molecule has 0 radical (unpaired) electrons. The van der Waals surface area contributed by atoms with Gasteiger partial charge >= 0.3 is 0 Å². The summed E-state index contributed by atoms with van der Waals surface area (Å²) in [7, 11) is -3.77. The Kier molecular flexibility index (Phi) is 5.42. The number of aryl methyl sites for hydroxylation is 1. The topological polar surface area (TPSA) is 66.5 Å². The summed E-state index contributed by atoms with van der Waals surface area (Å²) in [6.45, 7) is 3.24. The van der Waals surface area contributed by atoms with Gasteiger partial charge in [0.2, 0.25) is 15.9 Å². The maximum Gasteiger partial charge on any atom is 0.248 e. The Morgan fingerprint density at radius 1 is 1.12 bits per heavy atom. The summed E-state index contributed by atoms with van der Waals surface area (Å²) in [5, 5.41) is 2.28. The van der Waals surface area contributed by atoms with E-state index in [-0.39, 0.29) is 5.69 Å². The number of rotatable bonds is 5. The van der Waals surface area contributed by atoms with Gasteiger partial charge in [-0.1, -0.05) is 17.7 Å². The number of sulfonamides is 1. The lowest BCUT2D eigenvalue weighted by Crippen LogP contribution is -2.45. The summed E-state index contributed by atoms with van der Waals surface area (Å²) in [6.07, 6.45) is 0.981. The number of amides is 1. The molecule has 2 aromatic rings. The molecule has 0 fully saturated rings. The van der Waals surface area contributed by atoms with E-state index in [1.807, 2.05) is 6.92 Å². The Balaban J connectivity index is 2.31. The van der Waals surface area contributed by atoms with E-state index in [2.05, 4.69) is 5.32 Å². The summed E-state index contributed by atoms with van der Waals surface area (Å²) in [6, 6.07) is 8.17. The molecular formula is C17H18F2N2O3S. The van der Waals surface area contributed by atoms with Gasteiger partial charge in [-0.3, -0.25) is 9.10 Å². The zero-order valence-corrected chi connectivity index (χ0v) is 14.8. The van der Waals surface area contributed by atoms with Crippen molar-refractivity contribution in [3.63, 3.8) is 0 Å². The van der Waals surface area contributed by atoms with Crippen LogP contribution in [0.4, 0.5) is 20.2 Å². The van der Waals surface area contributed by atoms with E-state index in [1.54, 1.807) is 24.3 Å². The third-order valence-electron chi connectivity index (χ3n) is 3.57. The minimum atomic E-state index is -3.77. The molecule has 1 atom stereocenters. The predicted molar refractivity (Wildman–Crippen MR) is 93.0 cm³/mol. The molecule has 0 aromatic heterocycles. The van der Waals surface area contributed by atoms with Crippen LogP contribution in [0.25, 0.3) is 0 Å². The van der Waals surface area contributed by atoms with Crippen molar-refractivity contribution in [2.24, 2.45) is 0 Å². The summed E-state index contributed by atoms with van der Waals surface area (Å²) in [5.74, 6) is -2.46. The van der Waals surface area contributed by atoms with Crippen LogP contribution in [0.15, 0.2) is 42.5 Å². The number of carbonyl (C=O) groups excluding carboxylic acids is 1. The van der Waals surface area contributed by atoms with E-state index < -0.39 is 33.6 Å². The summed E-state index contributed by atoms with van der Waals surface area (Å²) in [5.41, 5.74) is 1.02. The van der Waals surface area contributed by atoms with Gasteiger partial charge in [0.1, 0.15) is 17.7 Å². The molecule has 0 aliphatic carbocycles. The van der Waals surface area contributed by atoms with Crippen molar-refractivity contribution < 1.29 is 22.0 Å². The molecule has 0 aliphatic rings. The van der Waals surface area contributed by atoms with Crippen molar-refractivity contribution in [1.29, 1.82) is 0 Å². The van der Waals surface area contributed by atoms with Crippen LogP contribution in [-0.4, -0.2) is 26.6 Å². The van der Waals surface area contributed by atoms with Crippen LogP contribution in [-0.2, 0) is 14.8 Å². The lowest BCUT2D eigenvalue weighted by Gasteiger charge is -2.28. The van der Waals surface area contributed by atoms with E-state index in [0.29, 0.717) is 11.8 Å². The van der Waals surface area contributed by atoms with Crippen molar-refractivity contribution in [1.82, 2.24) is 0 Å². The van der Waals surface area contributed by atoms with Crippen molar-refractivity contribution in [3.05, 3.63) is 59.7 Å². The number of benzene rings is 2. The molecule has 0 saturated carbocycles. The zero-order chi connectivity index (χ0) is 18.8. The molecule has 0 bridgehead atoms. The van der Waals surface area contributed by atoms with Gasteiger partial charge in [0, 0.05) is 6.07 Å². The molecule has 25 heavy (non-hydrogen) atoms. The highest BCUT2D eigenvalue weighted by Crippen LogP contribution is 2.23. The minimum absolute atomic E-state index is 0.226. The molecule has 0 unspecified atom stereocenters. The van der Waals surface area contributed by atoms with Crippen LogP contribution in [0.5, 0.6) is 0 Å². The zero-order valence-electron chi connectivity index (χ0n) is 14.0. The van der Waals surface area contributed by atoms with Gasteiger partial charge in [0.25, 0.3) is 0 Å². The van der Waals surface area contributed by atoms with Crippen molar-refractivity contribution in [3.8, 4) is 0 Å². The first kappa shape index (κ1) is 18.9. The Labute approximate surface area is 145 Å². The van der Waals surface area contributed by atoms with Gasteiger partial charge in [0.05, 0.1) is 17.6 Å². The second kappa shape index (κ2) is 7.18. The normalized spacial score (nSPS) is 12.5. The number of carbonyl (C=O) groups is 1. The van der Waals surface area contributed by atoms with Crippen LogP contribution < -0.4 is 9.62 Å². The van der Waals surface area contributed by atoms with E-state index in [1.165, 1.54) is 6.92 Å². The molecule has 0 spiro atoms. The van der Waals surface area contributed by atoms with Crippen LogP contribution in [0.2, 0.25) is 0 Å². The highest BCUT2D eigenvalue weighted by Gasteiger charge is 2.29. The molecule has 1 N–H and O–H groups in total. The second-order valence-corrected chi connectivity index (χ2v) is 7.54. The fourth-order valence-corrected chi connectivity index (χ4v) is 3.50. The number of halogens is 2. The van der Waals surface area contributed by atoms with Crippen LogP contribution in [0, 0.1) is 18.6 Å². The SMILES string of the molecule is Cc1ccc(N([C@H](C)C(=O)Nc2ccc(F)cc2F)S(C)(=O)=O)cc1. The van der Waals surface area contributed by atoms with Gasteiger partial charge in [-0.25, -0.2) is 17.2 Å². The van der Waals surface area contributed by atoms with Gasteiger partial charge in [-0.15, -0.1) is 0 Å². The minimum Gasteiger partial charge on any atom is -0.322 e. The van der Waals surface area contributed by atoms with E-state index in [0.717, 1.165) is 28.3 Å². The Morgan fingerprint density at radius 3 is 2.24 bits per heavy atom. The summed E-state index contributed by atoms with van der Waals surface area (Å²) < 4.78 is 51.9. The largest absolute Gasteiger partial charge is 0.322 e.